The molecule has 1 amide bonds. The third kappa shape index (κ3) is 5.40. The maximum absolute atomic E-state index is 14.3. The minimum atomic E-state index is -5.00. The molecule has 0 heterocycles. The van der Waals surface area contributed by atoms with Crippen LogP contribution in [0.4, 0.5) is 22.0 Å². The van der Waals surface area contributed by atoms with Crippen LogP contribution in [0.5, 0.6) is 0 Å². The number of alkyl halides is 3. The Bertz CT molecular complexity index is 1070. The molecule has 0 saturated heterocycles. The summed E-state index contributed by atoms with van der Waals surface area (Å²) < 4.78 is 67.1. The third-order valence-electron chi connectivity index (χ3n) is 4.46. The molecule has 0 bridgehead atoms. The Balaban J connectivity index is 2.39. The zero-order valence-corrected chi connectivity index (χ0v) is 17.6. The molecule has 172 valence electrons. The zero-order chi connectivity index (χ0) is 24.1. The van der Waals surface area contributed by atoms with Crippen molar-refractivity contribution in [3.8, 4) is 0 Å². The van der Waals surface area contributed by atoms with Crippen molar-refractivity contribution in [3.05, 3.63) is 69.8 Å². The van der Waals surface area contributed by atoms with Crippen molar-refractivity contribution in [1.82, 2.24) is 5.32 Å². The van der Waals surface area contributed by atoms with E-state index in [1.54, 1.807) is 25.1 Å². The normalized spacial score (nSPS) is 12.5. The Hall–Kier alpha value is -3.50. The van der Waals surface area contributed by atoms with E-state index in [1.807, 2.05) is 0 Å². The van der Waals surface area contributed by atoms with Gasteiger partial charge in [0.1, 0.15) is 25.4 Å². The van der Waals surface area contributed by atoms with E-state index in [0.29, 0.717) is 28.8 Å². The van der Waals surface area contributed by atoms with Crippen LogP contribution in [-0.2, 0) is 27.3 Å². The van der Waals surface area contributed by atoms with Crippen LogP contribution >= 0.6 is 0 Å². The number of aryl methyl sites for hydroxylation is 1. The number of likely N-dealkylation sites (N-methyl/N-ethyl adjacent to an activating group) is 1. The molecule has 0 spiro atoms. The van der Waals surface area contributed by atoms with E-state index in [9.17, 15) is 26.7 Å². The van der Waals surface area contributed by atoms with E-state index in [2.05, 4.69) is 15.6 Å². The fraction of sp³-hybridized carbons (Fsp3) is 0.286. The fourth-order valence-corrected chi connectivity index (χ4v) is 2.88. The molecular formula is C21H20F5N3O3. The highest BCUT2D eigenvalue weighted by molar-refractivity contribution is 6.45. The number of oxime groups is 2. The monoisotopic (exact) mass is 457 g/mol. The molecule has 0 aliphatic carbocycles. The Morgan fingerprint density at radius 1 is 1.12 bits per heavy atom. The lowest BCUT2D eigenvalue weighted by Gasteiger charge is -2.14. The second kappa shape index (κ2) is 10.2. The highest BCUT2D eigenvalue weighted by atomic mass is 19.4. The summed E-state index contributed by atoms with van der Waals surface area (Å²) in [6.45, 7) is 2.57. The largest absolute Gasteiger partial charge is 0.419 e. The number of nitrogens with zero attached hydrogens (tertiary/aromatic N) is 2. The van der Waals surface area contributed by atoms with Crippen molar-refractivity contribution in [1.29, 1.82) is 0 Å². The van der Waals surface area contributed by atoms with E-state index in [-0.39, 0.29) is 12.3 Å². The number of rotatable bonds is 7. The van der Waals surface area contributed by atoms with Crippen molar-refractivity contribution in [3.63, 3.8) is 0 Å². The first-order valence-electron chi connectivity index (χ1n) is 9.17. The fourth-order valence-electron chi connectivity index (χ4n) is 2.88. The van der Waals surface area contributed by atoms with Crippen molar-refractivity contribution in [2.45, 2.75) is 26.6 Å². The third-order valence-corrected chi connectivity index (χ3v) is 4.46. The Morgan fingerprint density at radius 3 is 2.41 bits per heavy atom. The summed E-state index contributed by atoms with van der Waals surface area (Å²) in [7, 11) is 2.67. The minimum Gasteiger partial charge on any atom is -0.398 e. The summed E-state index contributed by atoms with van der Waals surface area (Å²) in [5, 5.41) is 9.73. The van der Waals surface area contributed by atoms with Crippen LogP contribution in [0.2, 0.25) is 0 Å². The lowest BCUT2D eigenvalue weighted by Crippen LogP contribution is -2.29. The van der Waals surface area contributed by atoms with Crippen molar-refractivity contribution < 1.29 is 36.4 Å². The predicted octanol–water partition coefficient (Wildman–Crippen LogP) is 4.33. The summed E-state index contributed by atoms with van der Waals surface area (Å²) in [4.78, 5) is 22.1. The summed E-state index contributed by atoms with van der Waals surface area (Å²) in [6, 6.07) is 5.80. The lowest BCUT2D eigenvalue weighted by atomic mass is 9.98. The van der Waals surface area contributed by atoms with Gasteiger partial charge >= 0.3 is 6.18 Å². The standard InChI is InChI=1S/C21H20F5N3O3/c1-11-6-5-7-13(19(29-31-4)20(30)27-3)14(11)10-32-28-12(2)17-16(22)9-8-15(18(17)23)21(24,25)26/h5-9H,10H2,1-4H3,(H,27,30)/b28-12+,29-19+. The van der Waals surface area contributed by atoms with Crippen LogP contribution in [0.3, 0.4) is 0 Å². The van der Waals surface area contributed by atoms with Gasteiger partial charge in [0.2, 0.25) is 0 Å². The highest BCUT2D eigenvalue weighted by Crippen LogP contribution is 2.33. The lowest BCUT2D eigenvalue weighted by molar-refractivity contribution is -0.140. The molecule has 32 heavy (non-hydrogen) atoms. The van der Waals surface area contributed by atoms with Crippen molar-refractivity contribution in [2.75, 3.05) is 14.2 Å². The van der Waals surface area contributed by atoms with E-state index in [1.165, 1.54) is 14.2 Å². The average molecular weight is 457 g/mol. The van der Waals surface area contributed by atoms with Crippen molar-refractivity contribution in [2.24, 2.45) is 10.3 Å². The minimum absolute atomic E-state index is 0.0482. The van der Waals surface area contributed by atoms with Gasteiger partial charge in [0, 0.05) is 18.2 Å². The first-order chi connectivity index (χ1) is 15.0. The maximum atomic E-state index is 14.3. The zero-order valence-electron chi connectivity index (χ0n) is 17.6. The van der Waals surface area contributed by atoms with Crippen LogP contribution in [0.25, 0.3) is 0 Å². The molecule has 1 N–H and O–H groups in total. The second-order valence-electron chi connectivity index (χ2n) is 6.53. The molecule has 0 saturated carbocycles. The Labute approximate surface area is 180 Å². The van der Waals surface area contributed by atoms with Gasteiger partial charge in [-0.25, -0.2) is 8.78 Å². The van der Waals surface area contributed by atoms with Crippen molar-refractivity contribution >= 4 is 17.3 Å². The highest BCUT2D eigenvalue weighted by Gasteiger charge is 2.36. The molecule has 0 aliphatic heterocycles. The number of nitrogens with one attached hydrogen (secondary N) is 1. The number of halogens is 5. The first-order valence-corrected chi connectivity index (χ1v) is 9.17. The number of carbonyl (C=O) groups excluding carboxylic acids is 1. The molecule has 2 rings (SSSR count). The van der Waals surface area contributed by atoms with Gasteiger partial charge in [0.05, 0.1) is 16.8 Å². The smallest absolute Gasteiger partial charge is 0.398 e. The summed E-state index contributed by atoms with van der Waals surface area (Å²) in [5.41, 5.74) is -1.54. The topological polar surface area (TPSA) is 72.3 Å². The molecule has 0 radical (unpaired) electrons. The number of amides is 1. The van der Waals surface area contributed by atoms with E-state index >= 15 is 0 Å². The molecule has 2 aromatic carbocycles. The summed E-state index contributed by atoms with van der Waals surface area (Å²) >= 11 is 0. The summed E-state index contributed by atoms with van der Waals surface area (Å²) in [6.07, 6.45) is -5.00. The first kappa shape index (κ1) is 24.8. The van der Waals surface area contributed by atoms with Gasteiger partial charge in [0.25, 0.3) is 5.91 Å². The van der Waals surface area contributed by atoms with Gasteiger partial charge in [-0.1, -0.05) is 28.5 Å². The van der Waals surface area contributed by atoms with E-state index in [0.717, 1.165) is 6.92 Å². The molecule has 0 atom stereocenters. The van der Waals surface area contributed by atoms with E-state index < -0.39 is 40.6 Å². The van der Waals surface area contributed by atoms with Crippen LogP contribution in [-0.4, -0.2) is 31.5 Å². The van der Waals surface area contributed by atoms with Gasteiger partial charge < -0.3 is 15.0 Å². The Kier molecular flexibility index (Phi) is 7.90. The SMILES string of the molecule is CNC(=O)/C(=N/OC)c1cccc(C)c1CO/N=C(\C)c1c(F)ccc(C(F)(F)F)c1F. The van der Waals surface area contributed by atoms with Crippen LogP contribution in [0.15, 0.2) is 40.6 Å². The predicted molar refractivity (Wildman–Crippen MR) is 107 cm³/mol. The average Bonchev–Trinajstić information content (AvgIpc) is 2.71. The summed E-state index contributed by atoms with van der Waals surface area (Å²) in [5.74, 6) is -3.54. The quantitative estimate of drug-likeness (QED) is 0.382. The van der Waals surface area contributed by atoms with Gasteiger partial charge in [-0.05, 0) is 31.5 Å². The number of hydrogen-bond acceptors (Lipinski definition) is 5. The molecule has 0 unspecified atom stereocenters. The van der Waals surface area contributed by atoms with Gasteiger partial charge in [-0.15, -0.1) is 0 Å². The Morgan fingerprint density at radius 2 is 1.81 bits per heavy atom. The number of carbonyl (C=O) groups is 1. The van der Waals surface area contributed by atoms with Crippen LogP contribution in [0, 0.1) is 18.6 Å². The molecule has 11 heteroatoms. The molecule has 6 nitrogen and oxygen atoms in total. The number of benzene rings is 2. The maximum Gasteiger partial charge on any atom is 0.419 e. The molecule has 0 aromatic heterocycles. The van der Waals surface area contributed by atoms with Crippen LogP contribution < -0.4 is 5.32 Å². The molecule has 0 aliphatic rings. The van der Waals surface area contributed by atoms with E-state index in [4.69, 9.17) is 9.68 Å². The second-order valence-corrected chi connectivity index (χ2v) is 6.53. The number of hydrogen-bond donors (Lipinski definition) is 1. The van der Waals surface area contributed by atoms with Gasteiger partial charge in [-0.2, -0.15) is 13.2 Å². The molecular weight excluding hydrogens is 437 g/mol. The van der Waals surface area contributed by atoms with Gasteiger partial charge in [0.15, 0.2) is 5.71 Å². The molecule has 2 aromatic rings. The van der Waals surface area contributed by atoms with Gasteiger partial charge in [-0.3, -0.25) is 4.79 Å². The molecule has 0 fully saturated rings. The van der Waals surface area contributed by atoms with Crippen LogP contribution in [0.1, 0.15) is 34.7 Å².